The number of fused-ring (bicyclic) bond motifs is 1. The zero-order chi connectivity index (χ0) is 19.7. The molecule has 0 bridgehead atoms. The van der Waals surface area contributed by atoms with E-state index in [1.165, 1.54) is 0 Å². The summed E-state index contributed by atoms with van der Waals surface area (Å²) in [6.07, 6.45) is 4.11. The number of aliphatic hydroxyl groups is 1. The average molecular weight is 401 g/mol. The van der Waals surface area contributed by atoms with Crippen molar-refractivity contribution in [2.45, 2.75) is 25.0 Å². The van der Waals surface area contributed by atoms with Crippen molar-refractivity contribution < 1.29 is 14.6 Å². The van der Waals surface area contributed by atoms with Gasteiger partial charge in [0, 0.05) is 32.5 Å². The van der Waals surface area contributed by atoms with Gasteiger partial charge in [0.25, 0.3) is 5.91 Å². The molecule has 28 heavy (non-hydrogen) atoms. The van der Waals surface area contributed by atoms with Crippen LogP contribution in [0.5, 0.6) is 0 Å². The summed E-state index contributed by atoms with van der Waals surface area (Å²) < 4.78 is 7.21. The van der Waals surface area contributed by atoms with Gasteiger partial charge < -0.3 is 19.7 Å². The summed E-state index contributed by atoms with van der Waals surface area (Å²) in [5.74, 6) is -0.299. The van der Waals surface area contributed by atoms with Gasteiger partial charge in [-0.05, 0) is 35.7 Å². The van der Waals surface area contributed by atoms with Gasteiger partial charge in [-0.15, -0.1) is 0 Å². The molecule has 3 aromatic heterocycles. The van der Waals surface area contributed by atoms with Crippen LogP contribution in [-0.4, -0.2) is 50.9 Å². The van der Waals surface area contributed by atoms with E-state index >= 15 is 0 Å². The maximum atomic E-state index is 12.8. The maximum Gasteiger partial charge on any atom is 0.270 e. The van der Waals surface area contributed by atoms with Crippen molar-refractivity contribution in [3.8, 4) is 0 Å². The summed E-state index contributed by atoms with van der Waals surface area (Å²) in [6, 6.07) is 7.03. The van der Waals surface area contributed by atoms with E-state index in [-0.39, 0.29) is 18.6 Å². The number of pyridine rings is 2. The van der Waals surface area contributed by atoms with Crippen LogP contribution in [-0.2, 0) is 18.2 Å². The van der Waals surface area contributed by atoms with Crippen LogP contribution < -0.4 is 5.32 Å². The van der Waals surface area contributed by atoms with E-state index in [2.05, 4.69) is 15.3 Å². The molecule has 4 heterocycles. The molecule has 4 rings (SSSR count). The van der Waals surface area contributed by atoms with Crippen LogP contribution >= 0.6 is 11.6 Å². The van der Waals surface area contributed by atoms with Crippen molar-refractivity contribution in [3.05, 3.63) is 58.6 Å². The van der Waals surface area contributed by atoms with E-state index < -0.39 is 6.10 Å². The van der Waals surface area contributed by atoms with Crippen molar-refractivity contribution >= 4 is 28.5 Å². The van der Waals surface area contributed by atoms with Gasteiger partial charge in [0.05, 0.1) is 29.8 Å². The Morgan fingerprint density at radius 3 is 3.04 bits per heavy atom. The summed E-state index contributed by atoms with van der Waals surface area (Å²) >= 11 is 5.88. The number of aryl methyl sites for hydroxylation is 1. The van der Waals surface area contributed by atoms with Crippen LogP contribution in [0.15, 0.2) is 36.7 Å². The van der Waals surface area contributed by atoms with E-state index in [0.717, 1.165) is 22.2 Å². The molecule has 1 aliphatic rings. The average Bonchev–Trinajstić information content (AvgIpc) is 3.06. The lowest BCUT2D eigenvalue weighted by Gasteiger charge is -2.28. The summed E-state index contributed by atoms with van der Waals surface area (Å²) in [5.41, 5.74) is 4.01. The first kappa shape index (κ1) is 18.9. The zero-order valence-electron chi connectivity index (χ0n) is 15.4. The van der Waals surface area contributed by atoms with E-state index in [4.69, 9.17) is 16.3 Å². The second kappa shape index (κ2) is 7.87. The van der Waals surface area contributed by atoms with Crippen LogP contribution in [0.25, 0.3) is 11.0 Å². The number of halogens is 1. The van der Waals surface area contributed by atoms with E-state index in [0.29, 0.717) is 30.3 Å². The molecule has 8 heteroatoms. The largest absolute Gasteiger partial charge is 0.389 e. The quantitative estimate of drug-likeness (QED) is 0.654. The highest BCUT2D eigenvalue weighted by Crippen LogP contribution is 2.23. The third kappa shape index (κ3) is 3.87. The molecular weight excluding hydrogens is 380 g/mol. The van der Waals surface area contributed by atoms with E-state index in [1.54, 1.807) is 18.3 Å². The highest BCUT2D eigenvalue weighted by molar-refractivity contribution is 6.29. The Morgan fingerprint density at radius 2 is 2.29 bits per heavy atom. The summed E-state index contributed by atoms with van der Waals surface area (Å²) in [5, 5.41) is 13.4. The summed E-state index contributed by atoms with van der Waals surface area (Å²) in [6.45, 7) is 0.743. The Bertz CT molecular complexity index is 1000. The zero-order valence-corrected chi connectivity index (χ0v) is 16.2. The van der Waals surface area contributed by atoms with Crippen LogP contribution in [0.3, 0.4) is 0 Å². The third-order valence-electron chi connectivity index (χ3n) is 4.97. The Hall–Kier alpha value is -2.48. The Balaban J connectivity index is 1.65. The van der Waals surface area contributed by atoms with Crippen molar-refractivity contribution in [2.24, 2.45) is 7.05 Å². The molecule has 0 spiro atoms. The fraction of sp³-hybridized carbons (Fsp3) is 0.350. The van der Waals surface area contributed by atoms with Crippen molar-refractivity contribution in [2.75, 3.05) is 13.2 Å². The first-order valence-electron chi connectivity index (χ1n) is 9.13. The molecule has 0 radical (unpaired) electrons. The van der Waals surface area contributed by atoms with Gasteiger partial charge in [-0.1, -0.05) is 17.7 Å². The van der Waals surface area contributed by atoms with Gasteiger partial charge in [-0.2, -0.15) is 0 Å². The normalized spacial score (nSPS) is 19.7. The number of aliphatic hydroxyl groups excluding tert-OH is 1. The number of nitrogens with zero attached hydrogens (tertiary/aromatic N) is 3. The predicted octanol–water partition coefficient (Wildman–Crippen LogP) is 2.09. The monoisotopic (exact) mass is 400 g/mol. The lowest BCUT2D eigenvalue weighted by atomic mass is 10.0. The molecule has 0 aliphatic carbocycles. The molecule has 0 unspecified atom stereocenters. The molecule has 1 amide bonds. The molecule has 1 aliphatic heterocycles. The second-order valence-electron chi connectivity index (χ2n) is 7.00. The maximum absolute atomic E-state index is 12.8. The molecule has 3 aromatic rings. The van der Waals surface area contributed by atoms with Gasteiger partial charge in [-0.25, -0.2) is 9.97 Å². The molecule has 2 atom stereocenters. The molecule has 2 N–H and O–H groups in total. The third-order valence-corrected chi connectivity index (χ3v) is 5.19. The number of carbonyl (C=O) groups excluding carboxylic acids is 1. The number of carbonyl (C=O) groups is 1. The molecule has 146 valence electrons. The minimum absolute atomic E-state index is 0.227. The number of rotatable bonds is 4. The van der Waals surface area contributed by atoms with Crippen LogP contribution in [0.4, 0.5) is 0 Å². The van der Waals surface area contributed by atoms with Crippen molar-refractivity contribution in [1.29, 1.82) is 0 Å². The van der Waals surface area contributed by atoms with Gasteiger partial charge in [0.1, 0.15) is 10.8 Å². The SMILES string of the molecule is Cn1ccc2nc(C(=O)N[C@H]3CCOC[C@H]3O)cc(Cc3ccc(Cl)nc3)c21. The lowest BCUT2D eigenvalue weighted by molar-refractivity contribution is -0.0261. The molecular formula is C20H21ClN4O3. The van der Waals surface area contributed by atoms with Crippen LogP contribution in [0, 0.1) is 0 Å². The fourth-order valence-corrected chi connectivity index (χ4v) is 3.62. The fourth-order valence-electron chi connectivity index (χ4n) is 3.51. The minimum atomic E-state index is -0.710. The molecule has 0 aromatic carbocycles. The van der Waals surface area contributed by atoms with Gasteiger partial charge >= 0.3 is 0 Å². The van der Waals surface area contributed by atoms with E-state index in [1.807, 2.05) is 29.9 Å². The Labute approximate surface area is 167 Å². The predicted molar refractivity (Wildman–Crippen MR) is 105 cm³/mol. The Kier molecular flexibility index (Phi) is 5.30. The minimum Gasteiger partial charge on any atom is -0.389 e. The first-order valence-corrected chi connectivity index (χ1v) is 9.51. The highest BCUT2D eigenvalue weighted by atomic mass is 35.5. The molecule has 1 fully saturated rings. The topological polar surface area (TPSA) is 89.3 Å². The van der Waals surface area contributed by atoms with Crippen molar-refractivity contribution in [3.63, 3.8) is 0 Å². The standard InChI is InChI=1S/C20H21ClN4O3/c1-25-6-4-15-19(25)13(8-12-2-3-18(21)22-10-12)9-16(23-15)20(27)24-14-5-7-28-11-17(14)26/h2-4,6,9-10,14,17,26H,5,7-8,11H2,1H3,(H,24,27)/t14-,17+/m0/s1. The van der Waals surface area contributed by atoms with Gasteiger partial charge in [0.15, 0.2) is 0 Å². The number of aromatic nitrogens is 3. The smallest absolute Gasteiger partial charge is 0.270 e. The number of nitrogens with one attached hydrogen (secondary N) is 1. The lowest BCUT2D eigenvalue weighted by Crippen LogP contribution is -2.48. The van der Waals surface area contributed by atoms with Crippen LogP contribution in [0.1, 0.15) is 28.0 Å². The highest BCUT2D eigenvalue weighted by Gasteiger charge is 2.26. The molecule has 1 saturated heterocycles. The van der Waals surface area contributed by atoms with Crippen molar-refractivity contribution in [1.82, 2.24) is 19.9 Å². The Morgan fingerprint density at radius 1 is 1.43 bits per heavy atom. The van der Waals surface area contributed by atoms with Gasteiger partial charge in [-0.3, -0.25) is 4.79 Å². The number of amides is 1. The number of hydrogen-bond acceptors (Lipinski definition) is 5. The summed E-state index contributed by atoms with van der Waals surface area (Å²) in [4.78, 5) is 21.4. The molecule has 7 nitrogen and oxygen atoms in total. The summed E-state index contributed by atoms with van der Waals surface area (Å²) in [7, 11) is 1.95. The first-order chi connectivity index (χ1) is 13.5. The van der Waals surface area contributed by atoms with Crippen LogP contribution in [0.2, 0.25) is 5.15 Å². The second-order valence-corrected chi connectivity index (χ2v) is 7.39. The number of hydrogen-bond donors (Lipinski definition) is 2. The van der Waals surface area contributed by atoms with Gasteiger partial charge in [0.2, 0.25) is 0 Å². The number of ether oxygens (including phenoxy) is 1. The molecule has 0 saturated carbocycles. The van der Waals surface area contributed by atoms with E-state index in [9.17, 15) is 9.90 Å².